The van der Waals surface area contributed by atoms with Crippen LogP contribution in [0.2, 0.25) is 0 Å². The Labute approximate surface area is 186 Å². The number of nitro groups is 1. The molecule has 2 aromatic carbocycles. The molecule has 2 aliphatic heterocycles. The molecule has 0 bridgehead atoms. The third kappa shape index (κ3) is 3.34. The highest BCUT2D eigenvalue weighted by Crippen LogP contribution is 2.38. The molecule has 3 aromatic rings. The second-order valence-corrected chi connectivity index (χ2v) is 7.74. The molecule has 3 heterocycles. The number of furan rings is 1. The van der Waals surface area contributed by atoms with Crippen LogP contribution in [-0.4, -0.2) is 26.7 Å². The van der Waals surface area contributed by atoms with E-state index < -0.39 is 10.8 Å². The summed E-state index contributed by atoms with van der Waals surface area (Å²) >= 11 is 1.29. The van der Waals surface area contributed by atoms with E-state index in [1.165, 1.54) is 23.9 Å². The summed E-state index contributed by atoms with van der Waals surface area (Å²) in [4.78, 5) is 29.2. The van der Waals surface area contributed by atoms with Crippen LogP contribution in [0.5, 0.6) is 0 Å². The number of hydrogen-bond donors (Lipinski definition) is 1. The van der Waals surface area contributed by atoms with Gasteiger partial charge < -0.3 is 4.42 Å². The first-order chi connectivity index (χ1) is 15.5. The molecular formula is C23H14N4O4S. The number of carbonyl (C=O) groups excluding carboxylic acids is 1. The molecule has 0 saturated carbocycles. The summed E-state index contributed by atoms with van der Waals surface area (Å²) in [7, 11) is 0. The standard InChI is InChI=1S/C23H14N4O4S/c24-21-17(12-15-10-11-20(31-15)16-8-4-5-9-18(16)27(29)30)22(28)25-23-26(21)19(13-32-23)14-6-2-1-3-7-14/h1-13,24H. The van der Waals surface area contributed by atoms with Crippen molar-refractivity contribution in [2.24, 2.45) is 4.99 Å². The first-order valence-corrected chi connectivity index (χ1v) is 10.4. The van der Waals surface area contributed by atoms with Crippen LogP contribution in [0.1, 0.15) is 11.3 Å². The van der Waals surface area contributed by atoms with E-state index >= 15 is 0 Å². The lowest BCUT2D eigenvalue weighted by atomic mass is 10.1. The van der Waals surface area contributed by atoms with Gasteiger partial charge in [0.1, 0.15) is 17.4 Å². The molecule has 0 fully saturated rings. The number of rotatable bonds is 4. The van der Waals surface area contributed by atoms with Gasteiger partial charge in [-0.15, -0.1) is 0 Å². The van der Waals surface area contributed by atoms with Crippen molar-refractivity contribution in [1.29, 1.82) is 5.41 Å². The number of amidine groups is 2. The van der Waals surface area contributed by atoms with Gasteiger partial charge in [0.2, 0.25) is 0 Å². The number of carbonyl (C=O) groups is 1. The van der Waals surface area contributed by atoms with Crippen molar-refractivity contribution in [1.82, 2.24) is 4.90 Å². The Hall–Kier alpha value is -4.24. The zero-order chi connectivity index (χ0) is 22.2. The number of thioether (sulfide) groups is 1. The summed E-state index contributed by atoms with van der Waals surface area (Å²) in [6, 6.07) is 19.0. The van der Waals surface area contributed by atoms with Gasteiger partial charge in [-0.3, -0.25) is 25.2 Å². The first-order valence-electron chi connectivity index (χ1n) is 9.52. The number of amides is 1. The third-order valence-corrected chi connectivity index (χ3v) is 5.79. The Kier molecular flexibility index (Phi) is 4.79. The highest BCUT2D eigenvalue weighted by Gasteiger charge is 2.36. The second kappa shape index (κ2) is 7.78. The summed E-state index contributed by atoms with van der Waals surface area (Å²) < 4.78 is 5.77. The number of fused-ring (bicyclic) bond motifs is 1. The van der Waals surface area contributed by atoms with Crippen LogP contribution in [0, 0.1) is 15.5 Å². The molecular weight excluding hydrogens is 428 g/mol. The molecule has 0 spiro atoms. The molecule has 156 valence electrons. The van der Waals surface area contributed by atoms with Crippen LogP contribution in [0.3, 0.4) is 0 Å². The fourth-order valence-corrected chi connectivity index (χ4v) is 4.36. The molecule has 0 unspecified atom stereocenters. The van der Waals surface area contributed by atoms with E-state index in [-0.39, 0.29) is 17.1 Å². The van der Waals surface area contributed by atoms with E-state index in [0.29, 0.717) is 22.3 Å². The summed E-state index contributed by atoms with van der Waals surface area (Å²) in [5.41, 5.74) is 1.99. The topological polar surface area (TPSA) is 113 Å². The van der Waals surface area contributed by atoms with Gasteiger partial charge in [-0.1, -0.05) is 54.2 Å². The summed E-state index contributed by atoms with van der Waals surface area (Å²) in [6.45, 7) is 0. The lowest BCUT2D eigenvalue weighted by molar-refractivity contribution is -0.384. The van der Waals surface area contributed by atoms with Gasteiger partial charge in [0.05, 0.1) is 21.8 Å². The maximum atomic E-state index is 12.6. The monoisotopic (exact) mass is 442 g/mol. The lowest BCUT2D eigenvalue weighted by Gasteiger charge is -2.26. The zero-order valence-corrected chi connectivity index (χ0v) is 17.2. The number of hydrogen-bond acceptors (Lipinski definition) is 6. The Morgan fingerprint density at radius 1 is 1.06 bits per heavy atom. The van der Waals surface area contributed by atoms with Crippen molar-refractivity contribution in [2.45, 2.75) is 0 Å². The smallest absolute Gasteiger partial charge is 0.283 e. The van der Waals surface area contributed by atoms with Gasteiger partial charge in [-0.2, -0.15) is 4.99 Å². The highest BCUT2D eigenvalue weighted by atomic mass is 32.2. The zero-order valence-electron chi connectivity index (χ0n) is 16.4. The quantitative estimate of drug-likeness (QED) is 0.339. The van der Waals surface area contributed by atoms with E-state index in [9.17, 15) is 14.9 Å². The number of benzene rings is 2. The molecule has 1 amide bonds. The van der Waals surface area contributed by atoms with Gasteiger partial charge in [-0.05, 0) is 29.8 Å². The molecule has 0 atom stereocenters. The largest absolute Gasteiger partial charge is 0.456 e. The number of aliphatic imine (C=N–C) groups is 1. The molecule has 0 saturated heterocycles. The highest BCUT2D eigenvalue weighted by molar-refractivity contribution is 8.17. The normalized spacial score (nSPS) is 16.8. The molecule has 1 N–H and O–H groups in total. The molecule has 1 aromatic heterocycles. The average molecular weight is 442 g/mol. The van der Waals surface area contributed by atoms with Gasteiger partial charge in [0.15, 0.2) is 5.17 Å². The number of nitro benzene ring substituents is 1. The maximum Gasteiger partial charge on any atom is 0.283 e. The summed E-state index contributed by atoms with van der Waals surface area (Å²) in [6.07, 6.45) is 1.44. The molecule has 0 radical (unpaired) electrons. The van der Waals surface area contributed by atoms with E-state index in [4.69, 9.17) is 9.83 Å². The fourth-order valence-electron chi connectivity index (χ4n) is 3.47. The van der Waals surface area contributed by atoms with Crippen molar-refractivity contribution in [3.05, 3.63) is 99.1 Å². The Bertz CT molecular complexity index is 1370. The van der Waals surface area contributed by atoms with Gasteiger partial charge in [-0.25, -0.2) is 0 Å². The Balaban J connectivity index is 1.50. The van der Waals surface area contributed by atoms with Crippen molar-refractivity contribution < 1.29 is 14.1 Å². The van der Waals surface area contributed by atoms with Crippen molar-refractivity contribution in [3.63, 3.8) is 0 Å². The summed E-state index contributed by atoms with van der Waals surface area (Å²) in [5.74, 6) is 0.0376. The molecule has 8 nitrogen and oxygen atoms in total. The van der Waals surface area contributed by atoms with Gasteiger partial charge >= 0.3 is 0 Å². The SMILES string of the molecule is N=C1C(=Cc2ccc(-c3ccccc3[N+](=O)[O-])o2)C(=O)N=C2SC=C(c3ccccc3)N12. The molecule has 2 aliphatic rings. The first kappa shape index (κ1) is 19.7. The fraction of sp³-hybridized carbons (Fsp3) is 0. The van der Waals surface area contributed by atoms with Crippen LogP contribution < -0.4 is 0 Å². The summed E-state index contributed by atoms with van der Waals surface area (Å²) in [5, 5.41) is 22.3. The lowest BCUT2D eigenvalue weighted by Crippen LogP contribution is -2.37. The Morgan fingerprint density at radius 2 is 1.81 bits per heavy atom. The molecule has 32 heavy (non-hydrogen) atoms. The third-order valence-electron chi connectivity index (χ3n) is 4.96. The van der Waals surface area contributed by atoms with Gasteiger partial charge in [0.25, 0.3) is 11.6 Å². The minimum Gasteiger partial charge on any atom is -0.456 e. The van der Waals surface area contributed by atoms with Gasteiger partial charge in [0, 0.05) is 11.5 Å². The van der Waals surface area contributed by atoms with Crippen molar-refractivity contribution in [2.75, 3.05) is 0 Å². The average Bonchev–Trinajstić information content (AvgIpc) is 3.44. The van der Waals surface area contributed by atoms with Crippen LogP contribution in [0.4, 0.5) is 5.69 Å². The number of nitrogens with one attached hydrogen (secondary N) is 1. The Morgan fingerprint density at radius 3 is 2.59 bits per heavy atom. The van der Waals surface area contributed by atoms with E-state index in [1.807, 2.05) is 35.7 Å². The van der Waals surface area contributed by atoms with Crippen molar-refractivity contribution >= 4 is 46.1 Å². The van der Waals surface area contributed by atoms with Crippen LogP contribution in [-0.2, 0) is 4.79 Å². The van der Waals surface area contributed by atoms with Crippen molar-refractivity contribution in [3.8, 4) is 11.3 Å². The van der Waals surface area contributed by atoms with E-state index in [0.717, 1.165) is 11.3 Å². The van der Waals surface area contributed by atoms with Crippen LogP contribution in [0.25, 0.3) is 23.1 Å². The number of para-hydroxylation sites is 1. The second-order valence-electron chi connectivity index (χ2n) is 6.90. The molecule has 0 aliphatic carbocycles. The predicted octanol–water partition coefficient (Wildman–Crippen LogP) is 5.16. The number of nitrogens with zero attached hydrogens (tertiary/aromatic N) is 3. The van der Waals surface area contributed by atoms with E-state index in [2.05, 4.69) is 4.99 Å². The maximum absolute atomic E-state index is 12.6. The van der Waals surface area contributed by atoms with Crippen LogP contribution >= 0.6 is 11.8 Å². The molecule has 9 heteroatoms. The molecule has 5 rings (SSSR count). The minimum atomic E-state index is -0.542. The van der Waals surface area contributed by atoms with Crippen LogP contribution in [0.15, 0.2) is 87.1 Å². The predicted molar refractivity (Wildman–Crippen MR) is 123 cm³/mol. The van der Waals surface area contributed by atoms with E-state index in [1.54, 1.807) is 35.2 Å². The minimum absolute atomic E-state index is 0.0104.